The lowest BCUT2D eigenvalue weighted by Gasteiger charge is -2.07. The molecular weight excluding hydrogens is 322 g/mol. The molecule has 0 spiro atoms. The Balaban J connectivity index is 2.04. The number of nitrogens with one attached hydrogen (secondary N) is 2. The second kappa shape index (κ2) is 8.97. The van der Waals surface area contributed by atoms with Crippen molar-refractivity contribution in [2.24, 2.45) is 0 Å². The fourth-order valence-electron chi connectivity index (χ4n) is 1.99. The number of benzene rings is 2. The fourth-order valence-corrected chi connectivity index (χ4v) is 1.99. The van der Waals surface area contributed by atoms with E-state index < -0.39 is 4.92 Å². The lowest BCUT2D eigenvalue weighted by Crippen LogP contribution is -2.01. The summed E-state index contributed by atoms with van der Waals surface area (Å²) in [7, 11) is 3.18. The van der Waals surface area contributed by atoms with E-state index in [4.69, 9.17) is 9.47 Å². The second-order valence-corrected chi connectivity index (χ2v) is 4.93. The van der Waals surface area contributed by atoms with Crippen LogP contribution in [0.4, 0.5) is 11.4 Å². The van der Waals surface area contributed by atoms with Crippen molar-refractivity contribution in [3.8, 4) is 11.5 Å². The molecule has 0 aliphatic carbocycles. The molecule has 2 N–H and O–H groups in total. The van der Waals surface area contributed by atoms with Crippen molar-refractivity contribution in [1.82, 2.24) is 0 Å². The fraction of sp³-hybridized carbons (Fsp3) is 0.111. The highest BCUT2D eigenvalue weighted by molar-refractivity contribution is 5.53. The van der Waals surface area contributed by atoms with E-state index in [-0.39, 0.29) is 0 Å². The van der Waals surface area contributed by atoms with Crippen molar-refractivity contribution in [3.05, 3.63) is 82.8 Å². The normalized spacial score (nSPS) is 11.2. The Labute approximate surface area is 145 Å². The molecule has 7 heteroatoms. The van der Waals surface area contributed by atoms with Gasteiger partial charge in [0.25, 0.3) is 6.20 Å². The third-order valence-corrected chi connectivity index (χ3v) is 3.23. The number of ether oxygens (including phenoxy) is 2. The summed E-state index contributed by atoms with van der Waals surface area (Å²) in [6, 6.07) is 14.4. The lowest BCUT2D eigenvalue weighted by molar-refractivity contribution is -0.403. The summed E-state index contributed by atoms with van der Waals surface area (Å²) in [5.41, 5.74) is 1.88. The van der Waals surface area contributed by atoms with Gasteiger partial charge in [0.2, 0.25) is 0 Å². The van der Waals surface area contributed by atoms with Gasteiger partial charge in [0, 0.05) is 17.6 Å². The summed E-state index contributed by atoms with van der Waals surface area (Å²) in [4.78, 5) is 10.3. The minimum atomic E-state index is -0.510. The zero-order valence-corrected chi connectivity index (χ0v) is 13.9. The summed E-state index contributed by atoms with van der Waals surface area (Å²) in [5, 5.41) is 16.8. The molecule has 0 aliphatic rings. The molecule has 0 saturated carbocycles. The van der Waals surface area contributed by atoms with Crippen LogP contribution in [-0.4, -0.2) is 19.1 Å². The molecule has 0 unspecified atom stereocenters. The Morgan fingerprint density at radius 1 is 0.960 bits per heavy atom. The molecular formula is C18H19N3O4. The number of nitro groups is 1. The quantitative estimate of drug-likeness (QED) is 0.431. The molecule has 0 radical (unpaired) electrons. The van der Waals surface area contributed by atoms with E-state index in [0.29, 0.717) is 17.1 Å². The summed E-state index contributed by atoms with van der Waals surface area (Å²) < 4.78 is 10.2. The van der Waals surface area contributed by atoms with Gasteiger partial charge in [-0.3, -0.25) is 10.1 Å². The number of nitrogens with zero attached hydrogens (tertiary/aromatic N) is 1. The van der Waals surface area contributed by atoms with Crippen LogP contribution in [0.3, 0.4) is 0 Å². The van der Waals surface area contributed by atoms with E-state index in [1.807, 2.05) is 24.3 Å². The van der Waals surface area contributed by atoms with Crippen molar-refractivity contribution in [3.63, 3.8) is 0 Å². The first kappa shape index (κ1) is 17.9. The highest BCUT2D eigenvalue weighted by Crippen LogP contribution is 2.18. The van der Waals surface area contributed by atoms with Crippen LogP contribution in [0, 0.1) is 10.1 Å². The van der Waals surface area contributed by atoms with Crippen molar-refractivity contribution in [1.29, 1.82) is 0 Å². The molecule has 2 rings (SSSR count). The zero-order chi connectivity index (χ0) is 18.1. The first-order chi connectivity index (χ1) is 12.1. The SMILES string of the molecule is COc1ccc(N/C=C/C(=C/[N+](=O)[O-])Nc2ccc(OC)cc2)cc1. The van der Waals surface area contributed by atoms with E-state index in [2.05, 4.69) is 10.6 Å². The van der Waals surface area contributed by atoms with E-state index >= 15 is 0 Å². The molecule has 0 aliphatic heterocycles. The molecule has 0 fully saturated rings. The van der Waals surface area contributed by atoms with Crippen LogP contribution >= 0.6 is 0 Å². The maximum absolute atomic E-state index is 10.8. The van der Waals surface area contributed by atoms with E-state index in [1.165, 1.54) is 0 Å². The Morgan fingerprint density at radius 2 is 1.48 bits per heavy atom. The summed E-state index contributed by atoms with van der Waals surface area (Å²) in [6.07, 6.45) is 4.10. The molecule has 130 valence electrons. The molecule has 25 heavy (non-hydrogen) atoms. The smallest absolute Gasteiger partial charge is 0.257 e. The topological polar surface area (TPSA) is 85.7 Å². The van der Waals surface area contributed by atoms with Crippen LogP contribution in [0.25, 0.3) is 0 Å². The van der Waals surface area contributed by atoms with Gasteiger partial charge in [0.05, 0.1) is 19.1 Å². The summed E-state index contributed by atoms with van der Waals surface area (Å²) in [6.45, 7) is 0. The molecule has 7 nitrogen and oxygen atoms in total. The Hall–Kier alpha value is -3.48. The number of methoxy groups -OCH3 is 2. The average Bonchev–Trinajstić information content (AvgIpc) is 2.62. The number of hydrogen-bond donors (Lipinski definition) is 2. The van der Waals surface area contributed by atoms with Crippen molar-refractivity contribution < 1.29 is 14.4 Å². The minimum absolute atomic E-state index is 0.330. The number of rotatable bonds is 8. The van der Waals surface area contributed by atoms with Crippen LogP contribution in [0.2, 0.25) is 0 Å². The van der Waals surface area contributed by atoms with Crippen LogP contribution in [0.15, 0.2) is 72.7 Å². The summed E-state index contributed by atoms with van der Waals surface area (Å²) >= 11 is 0. The number of allylic oxidation sites excluding steroid dienone is 1. The molecule has 2 aromatic carbocycles. The molecule has 0 amide bonds. The average molecular weight is 341 g/mol. The van der Waals surface area contributed by atoms with Crippen LogP contribution in [0.1, 0.15) is 0 Å². The predicted molar refractivity (Wildman–Crippen MR) is 97.5 cm³/mol. The highest BCUT2D eigenvalue weighted by atomic mass is 16.6. The summed E-state index contributed by atoms with van der Waals surface area (Å²) in [5.74, 6) is 1.46. The molecule has 0 bridgehead atoms. The number of anilines is 2. The van der Waals surface area contributed by atoms with Gasteiger partial charge < -0.3 is 20.1 Å². The first-order valence-corrected chi connectivity index (χ1v) is 7.44. The van der Waals surface area contributed by atoms with Crippen molar-refractivity contribution in [2.45, 2.75) is 0 Å². The monoisotopic (exact) mass is 341 g/mol. The standard InChI is InChI=1S/C18H19N3O4/c1-24-17-7-3-14(4-8-17)19-12-11-16(13-21(22)23)20-15-5-9-18(25-2)10-6-15/h3-13,19-20H,1-2H3/b12-11+,16-13-. The Bertz CT molecular complexity index is 753. The van der Waals surface area contributed by atoms with Gasteiger partial charge in [-0.15, -0.1) is 0 Å². The predicted octanol–water partition coefficient (Wildman–Crippen LogP) is 3.86. The van der Waals surface area contributed by atoms with E-state index in [1.54, 1.807) is 50.8 Å². The number of hydrogen-bond acceptors (Lipinski definition) is 6. The van der Waals surface area contributed by atoms with E-state index in [0.717, 1.165) is 17.6 Å². The van der Waals surface area contributed by atoms with Gasteiger partial charge in [-0.25, -0.2) is 0 Å². The minimum Gasteiger partial charge on any atom is -0.497 e. The zero-order valence-electron chi connectivity index (χ0n) is 13.9. The third kappa shape index (κ3) is 5.91. The van der Waals surface area contributed by atoms with Crippen molar-refractivity contribution in [2.75, 3.05) is 24.9 Å². The van der Waals surface area contributed by atoms with Gasteiger partial charge in [-0.2, -0.15) is 0 Å². The molecule has 0 saturated heterocycles. The van der Waals surface area contributed by atoms with Crippen LogP contribution in [0.5, 0.6) is 11.5 Å². The first-order valence-electron chi connectivity index (χ1n) is 7.44. The van der Waals surface area contributed by atoms with Crippen LogP contribution in [-0.2, 0) is 0 Å². The molecule has 0 atom stereocenters. The Morgan fingerprint density at radius 3 is 1.96 bits per heavy atom. The molecule has 0 aromatic heterocycles. The van der Waals surface area contributed by atoms with Crippen LogP contribution < -0.4 is 20.1 Å². The van der Waals surface area contributed by atoms with E-state index in [9.17, 15) is 10.1 Å². The van der Waals surface area contributed by atoms with Crippen molar-refractivity contribution >= 4 is 11.4 Å². The second-order valence-electron chi connectivity index (χ2n) is 4.93. The van der Waals surface area contributed by atoms with Gasteiger partial charge in [0.15, 0.2) is 0 Å². The highest BCUT2D eigenvalue weighted by Gasteiger charge is 2.01. The Kier molecular flexibility index (Phi) is 6.41. The van der Waals surface area contributed by atoms with Gasteiger partial charge >= 0.3 is 0 Å². The largest absolute Gasteiger partial charge is 0.497 e. The van der Waals surface area contributed by atoms with Gasteiger partial charge in [-0.05, 0) is 54.6 Å². The maximum atomic E-state index is 10.8. The molecule has 2 aromatic rings. The lowest BCUT2D eigenvalue weighted by atomic mass is 10.3. The van der Waals surface area contributed by atoms with Gasteiger partial charge in [0.1, 0.15) is 17.2 Å². The maximum Gasteiger partial charge on any atom is 0.257 e. The molecule has 0 heterocycles. The van der Waals surface area contributed by atoms with Gasteiger partial charge in [-0.1, -0.05) is 0 Å². The third-order valence-electron chi connectivity index (χ3n) is 3.23.